The lowest BCUT2D eigenvalue weighted by atomic mass is 10.2. The third-order valence-electron chi connectivity index (χ3n) is 4.67. The van der Waals surface area contributed by atoms with E-state index in [1.807, 2.05) is 72.8 Å². The van der Waals surface area contributed by atoms with Crippen molar-refractivity contribution < 1.29 is 14.3 Å². The Morgan fingerprint density at radius 1 is 1.03 bits per heavy atom. The number of amides is 1. The van der Waals surface area contributed by atoms with Crippen molar-refractivity contribution in [3.05, 3.63) is 89.9 Å². The van der Waals surface area contributed by atoms with Gasteiger partial charge in [-0.25, -0.2) is 0 Å². The van der Waals surface area contributed by atoms with E-state index in [2.05, 4.69) is 45.2 Å². The summed E-state index contributed by atoms with van der Waals surface area (Å²) in [5, 5.41) is 0. The van der Waals surface area contributed by atoms with Gasteiger partial charge >= 0.3 is 0 Å². The molecule has 3 aromatic rings. The maximum absolute atomic E-state index is 13.1. The quantitative estimate of drug-likeness (QED) is 0.161. The minimum absolute atomic E-state index is 0.125. The van der Waals surface area contributed by atoms with E-state index in [1.165, 1.54) is 11.8 Å². The van der Waals surface area contributed by atoms with Gasteiger partial charge in [0.2, 0.25) is 0 Å². The fourth-order valence-electron chi connectivity index (χ4n) is 3.10. The van der Waals surface area contributed by atoms with Crippen LogP contribution in [0.1, 0.15) is 11.1 Å². The summed E-state index contributed by atoms with van der Waals surface area (Å²) < 4.78 is 13.7. The van der Waals surface area contributed by atoms with Crippen LogP contribution in [0.5, 0.6) is 11.5 Å². The molecule has 162 valence electrons. The van der Waals surface area contributed by atoms with Crippen LogP contribution in [0.15, 0.2) is 71.6 Å². The molecule has 1 saturated heterocycles. The Hall–Kier alpha value is -1.63. The Morgan fingerprint density at radius 3 is 2.31 bits per heavy atom. The molecule has 1 heterocycles. The lowest BCUT2D eigenvalue weighted by molar-refractivity contribution is -0.113. The number of methoxy groups -OCH3 is 1. The number of thioether (sulfide) groups is 1. The third-order valence-corrected chi connectivity index (χ3v) is 7.57. The van der Waals surface area contributed by atoms with Gasteiger partial charge in [0.15, 0.2) is 4.32 Å². The number of rotatable bonds is 6. The van der Waals surface area contributed by atoms with Crippen molar-refractivity contribution in [1.29, 1.82) is 0 Å². The smallest absolute Gasteiger partial charge is 0.270 e. The molecule has 0 atom stereocenters. The standard InChI is InChI=1S/C24H17I2NO3S2/c1-29-18-9-7-17(8-10-18)27-23(28)21(32-24(27)31)13-16-11-19(25)22(20(26)12-16)30-14-15-5-3-2-4-6-15/h2-13H,14H2,1H3/b21-13-. The summed E-state index contributed by atoms with van der Waals surface area (Å²) in [6.07, 6.45) is 1.88. The maximum atomic E-state index is 13.1. The lowest BCUT2D eigenvalue weighted by Gasteiger charge is -2.14. The van der Waals surface area contributed by atoms with Crippen molar-refractivity contribution in [2.24, 2.45) is 0 Å². The second kappa shape index (κ2) is 10.5. The van der Waals surface area contributed by atoms with E-state index in [0.717, 1.165) is 35.5 Å². The number of anilines is 1. The predicted octanol–water partition coefficient (Wildman–Crippen LogP) is 6.89. The molecule has 0 spiro atoms. The van der Waals surface area contributed by atoms with Gasteiger partial charge in [0.05, 0.1) is 24.8 Å². The number of halogens is 2. The Morgan fingerprint density at radius 2 is 1.69 bits per heavy atom. The minimum Gasteiger partial charge on any atom is -0.497 e. The first-order valence-corrected chi connectivity index (χ1v) is 12.9. The Balaban J connectivity index is 1.54. The molecule has 4 nitrogen and oxygen atoms in total. The van der Waals surface area contributed by atoms with Gasteiger partial charge in [0.1, 0.15) is 18.1 Å². The zero-order chi connectivity index (χ0) is 22.7. The van der Waals surface area contributed by atoms with Gasteiger partial charge in [-0.1, -0.05) is 54.3 Å². The molecular formula is C24H17I2NO3S2. The molecule has 32 heavy (non-hydrogen) atoms. The molecule has 8 heteroatoms. The van der Waals surface area contributed by atoms with Crippen molar-refractivity contribution in [1.82, 2.24) is 0 Å². The minimum atomic E-state index is -0.125. The largest absolute Gasteiger partial charge is 0.497 e. The van der Waals surface area contributed by atoms with Crippen molar-refractivity contribution in [3.63, 3.8) is 0 Å². The highest BCUT2D eigenvalue weighted by molar-refractivity contribution is 14.1. The van der Waals surface area contributed by atoms with Crippen molar-refractivity contribution >= 4 is 91.2 Å². The van der Waals surface area contributed by atoms with Crippen LogP contribution in [-0.2, 0) is 11.4 Å². The molecule has 0 bridgehead atoms. The fraction of sp³-hybridized carbons (Fsp3) is 0.0833. The summed E-state index contributed by atoms with van der Waals surface area (Å²) >= 11 is 11.3. The van der Waals surface area contributed by atoms with Gasteiger partial charge in [-0.05, 0) is 98.8 Å². The van der Waals surface area contributed by atoms with Gasteiger partial charge in [-0.15, -0.1) is 0 Å². The normalized spacial score (nSPS) is 14.8. The number of carbonyl (C=O) groups is 1. The Bertz CT molecular complexity index is 1170. The number of ether oxygens (including phenoxy) is 2. The molecule has 3 aromatic carbocycles. The number of nitrogens with zero attached hydrogens (tertiary/aromatic N) is 1. The summed E-state index contributed by atoms with van der Waals surface area (Å²) in [7, 11) is 1.61. The summed E-state index contributed by atoms with van der Waals surface area (Å²) in [4.78, 5) is 15.2. The SMILES string of the molecule is COc1ccc(N2C(=O)/C(=C/c3cc(I)c(OCc4ccccc4)c(I)c3)SC2=S)cc1. The molecule has 1 aliphatic heterocycles. The molecule has 0 aliphatic carbocycles. The van der Waals surface area contributed by atoms with E-state index in [9.17, 15) is 4.79 Å². The van der Waals surface area contributed by atoms with Gasteiger partial charge in [-0.3, -0.25) is 9.69 Å². The van der Waals surface area contributed by atoms with E-state index in [-0.39, 0.29) is 5.91 Å². The van der Waals surface area contributed by atoms with Crippen molar-refractivity contribution in [2.75, 3.05) is 12.0 Å². The van der Waals surface area contributed by atoms with Gasteiger partial charge < -0.3 is 9.47 Å². The molecule has 0 unspecified atom stereocenters. The van der Waals surface area contributed by atoms with Crippen LogP contribution in [0.4, 0.5) is 5.69 Å². The number of carbonyl (C=O) groups excluding carboxylic acids is 1. The topological polar surface area (TPSA) is 38.8 Å². The van der Waals surface area contributed by atoms with E-state index in [4.69, 9.17) is 21.7 Å². The van der Waals surface area contributed by atoms with Crippen LogP contribution in [0.2, 0.25) is 0 Å². The number of thiocarbonyl (C=S) groups is 1. The Labute approximate surface area is 223 Å². The van der Waals surface area contributed by atoms with E-state index < -0.39 is 0 Å². The molecule has 1 aliphatic rings. The van der Waals surface area contributed by atoms with Crippen LogP contribution in [0.25, 0.3) is 6.08 Å². The molecule has 0 aromatic heterocycles. The van der Waals surface area contributed by atoms with Crippen molar-refractivity contribution in [3.8, 4) is 11.5 Å². The van der Waals surface area contributed by atoms with Gasteiger partial charge in [-0.2, -0.15) is 0 Å². The molecule has 0 radical (unpaired) electrons. The highest BCUT2D eigenvalue weighted by atomic mass is 127. The van der Waals surface area contributed by atoms with Crippen LogP contribution < -0.4 is 14.4 Å². The second-order valence-corrected chi connectivity index (χ2v) is 10.8. The number of benzene rings is 3. The zero-order valence-corrected chi connectivity index (χ0v) is 22.8. The molecule has 0 saturated carbocycles. The van der Waals surface area contributed by atoms with Crippen LogP contribution in [0.3, 0.4) is 0 Å². The molecule has 1 amide bonds. The molecule has 1 fully saturated rings. The van der Waals surface area contributed by atoms with E-state index in [1.54, 1.807) is 12.0 Å². The van der Waals surface area contributed by atoms with E-state index >= 15 is 0 Å². The number of hydrogen-bond acceptors (Lipinski definition) is 5. The van der Waals surface area contributed by atoms with Gasteiger partial charge in [0, 0.05) is 0 Å². The summed E-state index contributed by atoms with van der Waals surface area (Å²) in [5.41, 5.74) is 2.77. The van der Waals surface area contributed by atoms with E-state index in [0.29, 0.717) is 15.8 Å². The molecule has 4 rings (SSSR count). The van der Waals surface area contributed by atoms with Crippen molar-refractivity contribution in [2.45, 2.75) is 6.61 Å². The van der Waals surface area contributed by atoms with Crippen LogP contribution in [-0.4, -0.2) is 17.3 Å². The second-order valence-electron chi connectivity index (χ2n) is 6.80. The molecular weight excluding hydrogens is 668 g/mol. The summed E-state index contributed by atoms with van der Waals surface area (Å²) in [6.45, 7) is 0.507. The summed E-state index contributed by atoms with van der Waals surface area (Å²) in [5.74, 6) is 1.45. The first-order valence-electron chi connectivity index (χ1n) is 9.54. The van der Waals surface area contributed by atoms with Gasteiger partial charge in [0.25, 0.3) is 5.91 Å². The lowest BCUT2D eigenvalue weighted by Crippen LogP contribution is -2.27. The first-order chi connectivity index (χ1) is 15.5. The maximum Gasteiger partial charge on any atom is 0.270 e. The highest BCUT2D eigenvalue weighted by Gasteiger charge is 2.33. The predicted molar refractivity (Wildman–Crippen MR) is 151 cm³/mol. The first kappa shape index (κ1) is 23.5. The average Bonchev–Trinajstić information content (AvgIpc) is 3.06. The van der Waals surface area contributed by atoms with Crippen LogP contribution in [0, 0.1) is 7.14 Å². The highest BCUT2D eigenvalue weighted by Crippen LogP contribution is 2.37. The fourth-order valence-corrected chi connectivity index (χ4v) is 6.53. The zero-order valence-electron chi connectivity index (χ0n) is 16.9. The average molecular weight is 685 g/mol. The Kier molecular flexibility index (Phi) is 7.74. The van der Waals surface area contributed by atoms with Crippen LogP contribution >= 0.6 is 69.2 Å². The summed E-state index contributed by atoms with van der Waals surface area (Å²) in [6, 6.07) is 21.4. The monoisotopic (exact) mass is 685 g/mol. The third kappa shape index (κ3) is 5.29. The number of hydrogen-bond donors (Lipinski definition) is 0. The molecule has 0 N–H and O–H groups in total.